The predicted molar refractivity (Wildman–Crippen MR) is 66.1 cm³/mol. The first-order valence-corrected chi connectivity index (χ1v) is 5.99. The molecule has 0 N–H and O–H groups in total. The fourth-order valence-electron chi connectivity index (χ4n) is 2.16. The molecule has 4 nitrogen and oxygen atoms in total. The highest BCUT2D eigenvalue weighted by atomic mass is 35.5. The molecule has 2 atom stereocenters. The minimum Gasteiger partial charge on any atom is -0.377 e. The van der Waals surface area contributed by atoms with Crippen molar-refractivity contribution in [2.75, 3.05) is 27.3 Å². The summed E-state index contributed by atoms with van der Waals surface area (Å²) in [5, 5.41) is 0.528. The summed E-state index contributed by atoms with van der Waals surface area (Å²) in [4.78, 5) is 6.37. The zero-order valence-corrected chi connectivity index (χ0v) is 10.9. The number of likely N-dealkylation sites (tertiary alicyclic amines) is 1. The molecule has 1 aromatic heterocycles. The van der Waals surface area contributed by atoms with Gasteiger partial charge in [-0.15, -0.1) is 0 Å². The van der Waals surface area contributed by atoms with Crippen LogP contribution in [0.25, 0.3) is 0 Å². The summed E-state index contributed by atoms with van der Waals surface area (Å²) in [6.07, 6.45) is 2.12. The zero-order chi connectivity index (χ0) is 12.3. The average Bonchev–Trinajstić information content (AvgIpc) is 2.74. The van der Waals surface area contributed by atoms with E-state index < -0.39 is 0 Å². The molecule has 0 spiro atoms. The van der Waals surface area contributed by atoms with E-state index in [1.165, 1.54) is 0 Å². The first kappa shape index (κ1) is 12.8. The fraction of sp³-hybridized carbons (Fsp3) is 0.583. The Balaban J connectivity index is 1.94. The van der Waals surface area contributed by atoms with Crippen molar-refractivity contribution in [3.8, 4) is 0 Å². The Kier molecular flexibility index (Phi) is 4.34. The molecule has 2 heterocycles. The largest absolute Gasteiger partial charge is 0.377 e. The molecule has 1 aromatic rings. The van der Waals surface area contributed by atoms with Gasteiger partial charge in [0.1, 0.15) is 5.15 Å². The number of ether oxygens (including phenoxy) is 2. The lowest BCUT2D eigenvalue weighted by Crippen LogP contribution is -2.27. The molecule has 0 saturated carbocycles. The molecule has 0 radical (unpaired) electrons. The van der Waals surface area contributed by atoms with Gasteiger partial charge in [0.15, 0.2) is 0 Å². The van der Waals surface area contributed by atoms with Crippen molar-refractivity contribution in [1.29, 1.82) is 0 Å². The van der Waals surface area contributed by atoms with Crippen molar-refractivity contribution in [2.45, 2.75) is 18.8 Å². The van der Waals surface area contributed by atoms with Gasteiger partial charge in [0.25, 0.3) is 0 Å². The minimum atomic E-state index is 0.153. The van der Waals surface area contributed by atoms with Crippen molar-refractivity contribution >= 4 is 11.6 Å². The van der Waals surface area contributed by atoms with Crippen LogP contribution in [0.3, 0.4) is 0 Å². The second-order valence-electron chi connectivity index (χ2n) is 4.23. The van der Waals surface area contributed by atoms with Gasteiger partial charge in [-0.05, 0) is 11.6 Å². The number of nitrogens with zero attached hydrogens (tertiary/aromatic N) is 2. The van der Waals surface area contributed by atoms with Crippen molar-refractivity contribution in [2.24, 2.45) is 0 Å². The van der Waals surface area contributed by atoms with Crippen molar-refractivity contribution in [3.63, 3.8) is 0 Å². The van der Waals surface area contributed by atoms with Crippen LogP contribution in [0.2, 0.25) is 5.15 Å². The Bertz CT molecular complexity index is 346. The lowest BCUT2D eigenvalue weighted by Gasteiger charge is -2.14. The van der Waals surface area contributed by atoms with Crippen LogP contribution in [0.5, 0.6) is 0 Å². The quantitative estimate of drug-likeness (QED) is 0.767. The first-order valence-electron chi connectivity index (χ1n) is 5.61. The van der Waals surface area contributed by atoms with E-state index in [0.29, 0.717) is 5.15 Å². The van der Waals surface area contributed by atoms with Crippen LogP contribution in [0.4, 0.5) is 0 Å². The van der Waals surface area contributed by atoms with Crippen LogP contribution < -0.4 is 0 Å². The molecule has 1 aliphatic heterocycles. The molecular formula is C12H17ClN2O2. The number of pyridine rings is 1. The van der Waals surface area contributed by atoms with Crippen LogP contribution in [-0.4, -0.2) is 49.4 Å². The summed E-state index contributed by atoms with van der Waals surface area (Å²) in [7, 11) is 3.45. The fourth-order valence-corrected chi connectivity index (χ4v) is 2.27. The highest BCUT2D eigenvalue weighted by Gasteiger charge is 2.32. The molecule has 0 aliphatic carbocycles. The van der Waals surface area contributed by atoms with E-state index >= 15 is 0 Å². The van der Waals surface area contributed by atoms with Gasteiger partial charge in [-0.25, -0.2) is 4.98 Å². The summed E-state index contributed by atoms with van der Waals surface area (Å²) in [5.74, 6) is 0. The molecule has 0 bridgehead atoms. The van der Waals surface area contributed by atoms with E-state index in [1.807, 2.05) is 18.3 Å². The second-order valence-corrected chi connectivity index (χ2v) is 4.62. The van der Waals surface area contributed by atoms with Gasteiger partial charge < -0.3 is 9.47 Å². The number of hydrogen-bond donors (Lipinski definition) is 0. The third-order valence-electron chi connectivity index (χ3n) is 3.09. The summed E-state index contributed by atoms with van der Waals surface area (Å²) in [6, 6.07) is 3.81. The molecule has 1 aliphatic rings. The lowest BCUT2D eigenvalue weighted by molar-refractivity contribution is -0.00461. The molecule has 2 unspecified atom stereocenters. The van der Waals surface area contributed by atoms with E-state index in [2.05, 4.69) is 9.88 Å². The van der Waals surface area contributed by atoms with Crippen LogP contribution in [0.1, 0.15) is 5.56 Å². The lowest BCUT2D eigenvalue weighted by atomic mass is 10.3. The highest BCUT2D eigenvalue weighted by Crippen LogP contribution is 2.18. The van der Waals surface area contributed by atoms with Gasteiger partial charge in [0.05, 0.1) is 12.2 Å². The molecule has 5 heteroatoms. The topological polar surface area (TPSA) is 34.6 Å². The minimum absolute atomic E-state index is 0.153. The standard InChI is InChI=1S/C12H17ClN2O2/c1-16-10-7-15(8-11(10)17-2)6-9-3-4-12(13)14-5-9/h3-5,10-11H,6-8H2,1-2H3. The summed E-state index contributed by atoms with van der Waals surface area (Å²) in [6.45, 7) is 2.62. The van der Waals surface area contributed by atoms with E-state index in [4.69, 9.17) is 21.1 Å². The van der Waals surface area contributed by atoms with Gasteiger partial charge >= 0.3 is 0 Å². The average molecular weight is 257 g/mol. The number of aromatic nitrogens is 1. The predicted octanol–water partition coefficient (Wildman–Crippen LogP) is 1.58. The normalized spacial score (nSPS) is 25.4. The molecule has 1 saturated heterocycles. The Labute approximate surface area is 106 Å². The number of rotatable bonds is 4. The van der Waals surface area contributed by atoms with Gasteiger partial charge in [-0.2, -0.15) is 0 Å². The van der Waals surface area contributed by atoms with Gasteiger partial charge in [0.2, 0.25) is 0 Å². The van der Waals surface area contributed by atoms with Crippen LogP contribution in [0, 0.1) is 0 Å². The molecule has 1 fully saturated rings. The SMILES string of the molecule is COC1CN(Cc2ccc(Cl)nc2)CC1OC. The maximum absolute atomic E-state index is 5.75. The number of methoxy groups -OCH3 is 2. The Hall–Kier alpha value is -0.680. The maximum atomic E-state index is 5.75. The Morgan fingerprint density at radius 3 is 2.41 bits per heavy atom. The van der Waals surface area contributed by atoms with E-state index in [0.717, 1.165) is 25.2 Å². The molecule has 2 rings (SSSR count). The summed E-state index contributed by atoms with van der Waals surface area (Å²) in [5.41, 5.74) is 1.15. The first-order chi connectivity index (χ1) is 8.22. The van der Waals surface area contributed by atoms with E-state index in [9.17, 15) is 0 Å². The molecule has 94 valence electrons. The Morgan fingerprint density at radius 2 is 1.94 bits per heavy atom. The Morgan fingerprint density at radius 1 is 1.29 bits per heavy atom. The smallest absolute Gasteiger partial charge is 0.129 e. The van der Waals surface area contributed by atoms with Crippen molar-refractivity contribution in [1.82, 2.24) is 9.88 Å². The van der Waals surface area contributed by atoms with Gasteiger partial charge in [-0.3, -0.25) is 4.90 Å². The number of hydrogen-bond acceptors (Lipinski definition) is 4. The van der Waals surface area contributed by atoms with Gasteiger partial charge in [0, 0.05) is 40.1 Å². The molecule has 0 aromatic carbocycles. The van der Waals surface area contributed by atoms with Crippen molar-refractivity contribution < 1.29 is 9.47 Å². The van der Waals surface area contributed by atoms with Crippen LogP contribution in [-0.2, 0) is 16.0 Å². The summed E-state index contributed by atoms with van der Waals surface area (Å²) < 4.78 is 10.8. The third-order valence-corrected chi connectivity index (χ3v) is 3.31. The van der Waals surface area contributed by atoms with Crippen molar-refractivity contribution in [3.05, 3.63) is 29.0 Å². The molecule has 0 amide bonds. The van der Waals surface area contributed by atoms with Crippen LogP contribution >= 0.6 is 11.6 Å². The van der Waals surface area contributed by atoms with Crippen LogP contribution in [0.15, 0.2) is 18.3 Å². The molecular weight excluding hydrogens is 240 g/mol. The van der Waals surface area contributed by atoms with E-state index in [-0.39, 0.29) is 12.2 Å². The highest BCUT2D eigenvalue weighted by molar-refractivity contribution is 6.29. The third kappa shape index (κ3) is 3.16. The number of halogens is 1. The van der Waals surface area contributed by atoms with Gasteiger partial charge in [-0.1, -0.05) is 17.7 Å². The maximum Gasteiger partial charge on any atom is 0.129 e. The second kappa shape index (κ2) is 5.78. The zero-order valence-electron chi connectivity index (χ0n) is 10.1. The monoisotopic (exact) mass is 256 g/mol. The summed E-state index contributed by atoms with van der Waals surface area (Å²) >= 11 is 5.75. The van der Waals surface area contributed by atoms with E-state index in [1.54, 1.807) is 14.2 Å². The molecule has 17 heavy (non-hydrogen) atoms.